The molecule has 0 unspecified atom stereocenters. The fourth-order valence-electron chi connectivity index (χ4n) is 2.32. The van der Waals surface area contributed by atoms with Gasteiger partial charge in [-0.05, 0) is 37.0 Å². The van der Waals surface area contributed by atoms with Crippen molar-refractivity contribution in [2.45, 2.75) is 12.8 Å². The van der Waals surface area contributed by atoms with E-state index in [1.165, 1.54) is 24.2 Å². The predicted molar refractivity (Wildman–Crippen MR) is 72.8 cm³/mol. The van der Waals surface area contributed by atoms with Crippen molar-refractivity contribution < 1.29 is 4.74 Å². The molecule has 1 heterocycles. The zero-order valence-corrected chi connectivity index (χ0v) is 10.8. The Morgan fingerprint density at radius 1 is 1.35 bits per heavy atom. The van der Waals surface area contributed by atoms with Crippen LogP contribution in [0.3, 0.4) is 0 Å². The maximum absolute atomic E-state index is 5.39. The molecule has 0 aromatic heterocycles. The molecule has 0 aliphatic carbocycles. The summed E-state index contributed by atoms with van der Waals surface area (Å²) in [7, 11) is 4.13. The highest BCUT2D eigenvalue weighted by Crippen LogP contribution is 2.22. The van der Waals surface area contributed by atoms with Crippen molar-refractivity contribution in [2.24, 2.45) is 5.92 Å². The van der Waals surface area contributed by atoms with Gasteiger partial charge in [0, 0.05) is 45.2 Å². The van der Waals surface area contributed by atoms with Crippen LogP contribution in [0, 0.1) is 5.92 Å². The SMILES string of the molecule is CNc1cccc(N(C)CC2CCOCC2)c1. The van der Waals surface area contributed by atoms with E-state index in [9.17, 15) is 0 Å². The zero-order chi connectivity index (χ0) is 12.1. The van der Waals surface area contributed by atoms with Gasteiger partial charge in [0.1, 0.15) is 0 Å². The molecule has 3 nitrogen and oxygen atoms in total. The number of nitrogens with zero attached hydrogens (tertiary/aromatic N) is 1. The Morgan fingerprint density at radius 3 is 2.82 bits per heavy atom. The standard InChI is InChI=1S/C14H22N2O/c1-15-13-4-3-5-14(10-13)16(2)11-12-6-8-17-9-7-12/h3-5,10,12,15H,6-9,11H2,1-2H3. The number of ether oxygens (including phenoxy) is 1. The topological polar surface area (TPSA) is 24.5 Å². The average molecular weight is 234 g/mol. The third kappa shape index (κ3) is 3.37. The van der Waals surface area contributed by atoms with Gasteiger partial charge < -0.3 is 15.0 Å². The molecule has 1 saturated heterocycles. The molecule has 1 fully saturated rings. The van der Waals surface area contributed by atoms with Gasteiger partial charge in [-0.1, -0.05) is 6.07 Å². The molecule has 0 radical (unpaired) electrons. The van der Waals surface area contributed by atoms with Crippen LogP contribution in [0.5, 0.6) is 0 Å². The molecule has 0 bridgehead atoms. The maximum atomic E-state index is 5.39. The smallest absolute Gasteiger partial charge is 0.0469 e. The van der Waals surface area contributed by atoms with Crippen molar-refractivity contribution in [3.63, 3.8) is 0 Å². The minimum absolute atomic E-state index is 0.770. The normalized spacial score (nSPS) is 16.8. The second-order valence-corrected chi connectivity index (χ2v) is 4.74. The minimum atomic E-state index is 0.770. The van der Waals surface area contributed by atoms with Gasteiger partial charge in [0.2, 0.25) is 0 Å². The summed E-state index contributed by atoms with van der Waals surface area (Å²) in [5.41, 5.74) is 2.45. The molecular weight excluding hydrogens is 212 g/mol. The number of anilines is 2. The molecule has 0 atom stereocenters. The summed E-state index contributed by atoms with van der Waals surface area (Å²) in [6.07, 6.45) is 2.38. The third-order valence-corrected chi connectivity index (χ3v) is 3.45. The minimum Gasteiger partial charge on any atom is -0.388 e. The third-order valence-electron chi connectivity index (χ3n) is 3.45. The van der Waals surface area contributed by atoms with Crippen molar-refractivity contribution in [3.05, 3.63) is 24.3 Å². The Hall–Kier alpha value is -1.22. The predicted octanol–water partition coefficient (Wildman–Crippen LogP) is 2.59. The Balaban J connectivity index is 1.95. The fraction of sp³-hybridized carbons (Fsp3) is 0.571. The van der Waals surface area contributed by atoms with Gasteiger partial charge in [0.15, 0.2) is 0 Å². The first-order valence-electron chi connectivity index (χ1n) is 6.36. The van der Waals surface area contributed by atoms with Gasteiger partial charge in [-0.2, -0.15) is 0 Å². The van der Waals surface area contributed by atoms with E-state index < -0.39 is 0 Å². The molecule has 1 aromatic carbocycles. The van der Waals surface area contributed by atoms with Crippen molar-refractivity contribution >= 4 is 11.4 Å². The molecule has 0 amide bonds. The van der Waals surface area contributed by atoms with Crippen LogP contribution in [0.15, 0.2) is 24.3 Å². The summed E-state index contributed by atoms with van der Waals surface area (Å²) in [4.78, 5) is 2.34. The molecule has 0 saturated carbocycles. The van der Waals surface area contributed by atoms with Crippen LogP contribution in [0.25, 0.3) is 0 Å². The number of hydrogen-bond donors (Lipinski definition) is 1. The fourth-order valence-corrected chi connectivity index (χ4v) is 2.32. The number of benzene rings is 1. The lowest BCUT2D eigenvalue weighted by Gasteiger charge is -2.28. The van der Waals surface area contributed by atoms with Crippen LogP contribution < -0.4 is 10.2 Å². The first kappa shape index (κ1) is 12.2. The summed E-state index contributed by atoms with van der Waals surface area (Å²) in [6, 6.07) is 8.55. The number of nitrogens with one attached hydrogen (secondary N) is 1. The zero-order valence-electron chi connectivity index (χ0n) is 10.8. The van der Waals surface area contributed by atoms with Gasteiger partial charge >= 0.3 is 0 Å². The van der Waals surface area contributed by atoms with Crippen molar-refractivity contribution in [1.29, 1.82) is 0 Å². The maximum Gasteiger partial charge on any atom is 0.0469 e. The molecular formula is C14H22N2O. The van der Waals surface area contributed by atoms with Crippen molar-refractivity contribution in [1.82, 2.24) is 0 Å². The van der Waals surface area contributed by atoms with Crippen LogP contribution >= 0.6 is 0 Å². The first-order chi connectivity index (χ1) is 8.29. The Bertz CT molecular complexity index is 348. The van der Waals surface area contributed by atoms with Crippen LogP contribution in [-0.2, 0) is 4.74 Å². The van der Waals surface area contributed by atoms with Gasteiger partial charge in [-0.25, -0.2) is 0 Å². The Labute approximate surface area is 104 Å². The Kier molecular flexibility index (Phi) is 4.26. The number of rotatable bonds is 4. The summed E-state index contributed by atoms with van der Waals surface area (Å²) in [5.74, 6) is 0.770. The van der Waals surface area contributed by atoms with Gasteiger partial charge in [0.05, 0.1) is 0 Å². The molecule has 1 N–H and O–H groups in total. The second-order valence-electron chi connectivity index (χ2n) is 4.74. The van der Waals surface area contributed by atoms with Crippen molar-refractivity contribution in [3.8, 4) is 0 Å². The largest absolute Gasteiger partial charge is 0.388 e. The van der Waals surface area contributed by atoms with E-state index in [0.29, 0.717) is 0 Å². The molecule has 1 aliphatic rings. The van der Waals surface area contributed by atoms with Crippen LogP contribution in [0.4, 0.5) is 11.4 Å². The first-order valence-corrected chi connectivity index (χ1v) is 6.36. The van der Waals surface area contributed by atoms with E-state index in [4.69, 9.17) is 4.74 Å². The highest BCUT2D eigenvalue weighted by Gasteiger charge is 2.15. The van der Waals surface area contributed by atoms with E-state index in [1.54, 1.807) is 0 Å². The molecule has 1 aromatic rings. The quantitative estimate of drug-likeness (QED) is 0.866. The summed E-state index contributed by atoms with van der Waals surface area (Å²) < 4.78 is 5.39. The van der Waals surface area contributed by atoms with E-state index in [1.807, 2.05) is 7.05 Å². The molecule has 1 aliphatic heterocycles. The summed E-state index contributed by atoms with van der Waals surface area (Å²) >= 11 is 0. The van der Waals surface area contributed by atoms with Crippen LogP contribution in [0.1, 0.15) is 12.8 Å². The van der Waals surface area contributed by atoms with Gasteiger partial charge in [-0.3, -0.25) is 0 Å². The molecule has 17 heavy (non-hydrogen) atoms. The summed E-state index contributed by atoms with van der Waals surface area (Å²) in [5, 5.41) is 3.18. The highest BCUT2D eigenvalue weighted by molar-refractivity contribution is 5.57. The van der Waals surface area contributed by atoms with Crippen LogP contribution in [-0.4, -0.2) is 33.9 Å². The number of hydrogen-bond acceptors (Lipinski definition) is 3. The van der Waals surface area contributed by atoms with E-state index in [2.05, 4.69) is 41.5 Å². The van der Waals surface area contributed by atoms with Crippen LogP contribution in [0.2, 0.25) is 0 Å². The van der Waals surface area contributed by atoms with E-state index in [-0.39, 0.29) is 0 Å². The molecule has 94 valence electrons. The highest BCUT2D eigenvalue weighted by atomic mass is 16.5. The summed E-state index contributed by atoms with van der Waals surface area (Å²) in [6.45, 7) is 2.97. The lowest BCUT2D eigenvalue weighted by atomic mass is 10.00. The lowest BCUT2D eigenvalue weighted by molar-refractivity contribution is 0.0685. The molecule has 3 heteroatoms. The van der Waals surface area contributed by atoms with Crippen molar-refractivity contribution in [2.75, 3.05) is 44.1 Å². The molecule has 2 rings (SSSR count). The average Bonchev–Trinajstić information content (AvgIpc) is 2.40. The monoisotopic (exact) mass is 234 g/mol. The van der Waals surface area contributed by atoms with E-state index >= 15 is 0 Å². The Morgan fingerprint density at radius 2 is 2.12 bits per heavy atom. The second kappa shape index (κ2) is 5.92. The van der Waals surface area contributed by atoms with E-state index in [0.717, 1.165) is 25.7 Å². The van der Waals surface area contributed by atoms with Gasteiger partial charge in [-0.15, -0.1) is 0 Å². The molecule has 0 spiro atoms. The lowest BCUT2D eigenvalue weighted by Crippen LogP contribution is -2.29. The van der Waals surface area contributed by atoms with Gasteiger partial charge in [0.25, 0.3) is 0 Å².